The molecule has 4 nitrogen and oxygen atoms in total. The maximum atomic E-state index is 10.6. The van der Waals surface area contributed by atoms with Crippen LogP contribution in [0.5, 0.6) is 0 Å². The average molecular weight is 310 g/mol. The van der Waals surface area contributed by atoms with Crippen molar-refractivity contribution >= 4 is 15.9 Å². The molecule has 0 amide bonds. The van der Waals surface area contributed by atoms with Crippen LogP contribution in [-0.4, -0.2) is 19.9 Å². The van der Waals surface area contributed by atoms with Crippen molar-refractivity contribution in [2.24, 2.45) is 0 Å². The first-order valence-electron chi connectivity index (χ1n) is 5.83. The van der Waals surface area contributed by atoms with Crippen LogP contribution < -0.4 is 0 Å². The zero-order valence-corrected chi connectivity index (χ0v) is 12.2. The van der Waals surface area contributed by atoms with E-state index in [2.05, 4.69) is 26.0 Å². The van der Waals surface area contributed by atoms with E-state index >= 15 is 0 Å². The highest BCUT2D eigenvalue weighted by Crippen LogP contribution is 2.31. The zero-order chi connectivity index (χ0) is 13.3. The highest BCUT2D eigenvalue weighted by molar-refractivity contribution is 9.10. The highest BCUT2D eigenvalue weighted by Gasteiger charge is 2.22. The van der Waals surface area contributed by atoms with Crippen LogP contribution in [0.2, 0.25) is 0 Å². The molecule has 2 heterocycles. The van der Waals surface area contributed by atoms with Crippen molar-refractivity contribution in [3.8, 4) is 0 Å². The Kier molecular flexibility index (Phi) is 3.82. The number of aliphatic hydroxyl groups excluding tert-OH is 1. The quantitative estimate of drug-likeness (QED) is 0.948. The molecule has 0 aliphatic rings. The summed E-state index contributed by atoms with van der Waals surface area (Å²) in [6.07, 6.45) is 4.46. The molecule has 0 bridgehead atoms. The normalized spacial score (nSPS) is 13.0. The zero-order valence-electron chi connectivity index (χ0n) is 10.6. The summed E-state index contributed by atoms with van der Waals surface area (Å²) in [5.74, 6) is 0. The van der Waals surface area contributed by atoms with Gasteiger partial charge in [-0.15, -0.1) is 0 Å². The van der Waals surface area contributed by atoms with Gasteiger partial charge in [0, 0.05) is 18.4 Å². The lowest BCUT2D eigenvalue weighted by atomic mass is 10.0. The standard InChI is InChI=1S/C13H16BrN3O/c1-8(2)17-12(11(14)7-16-17)13(18)10-4-5-15-6-9(10)3/h4-8,13,18H,1-3H3. The first kappa shape index (κ1) is 13.2. The SMILES string of the molecule is Cc1cnccc1C(O)c1c(Br)cnn1C(C)C. The summed E-state index contributed by atoms with van der Waals surface area (Å²) in [6, 6.07) is 2.03. The van der Waals surface area contributed by atoms with Crippen molar-refractivity contribution in [1.29, 1.82) is 0 Å². The van der Waals surface area contributed by atoms with Gasteiger partial charge in [-0.3, -0.25) is 9.67 Å². The molecule has 1 N–H and O–H groups in total. The molecule has 1 unspecified atom stereocenters. The first-order valence-corrected chi connectivity index (χ1v) is 6.63. The van der Waals surface area contributed by atoms with Crippen LogP contribution in [-0.2, 0) is 0 Å². The van der Waals surface area contributed by atoms with Crippen molar-refractivity contribution in [3.05, 3.63) is 46.0 Å². The van der Waals surface area contributed by atoms with Crippen molar-refractivity contribution < 1.29 is 5.11 Å². The van der Waals surface area contributed by atoms with Crippen molar-refractivity contribution in [3.63, 3.8) is 0 Å². The van der Waals surface area contributed by atoms with E-state index in [1.54, 1.807) is 18.6 Å². The Bertz CT molecular complexity index is 551. The number of nitrogens with zero attached hydrogens (tertiary/aromatic N) is 3. The van der Waals surface area contributed by atoms with Crippen LogP contribution in [0.4, 0.5) is 0 Å². The van der Waals surface area contributed by atoms with E-state index in [0.29, 0.717) is 0 Å². The molecular formula is C13H16BrN3O. The van der Waals surface area contributed by atoms with Gasteiger partial charge < -0.3 is 5.11 Å². The summed E-state index contributed by atoms with van der Waals surface area (Å²) < 4.78 is 2.65. The molecule has 2 rings (SSSR count). The number of aliphatic hydroxyl groups is 1. The Morgan fingerprint density at radius 1 is 1.33 bits per heavy atom. The summed E-state index contributed by atoms with van der Waals surface area (Å²) >= 11 is 3.45. The number of hydrogen-bond acceptors (Lipinski definition) is 3. The molecule has 0 radical (unpaired) electrons. The second-order valence-corrected chi connectivity index (χ2v) is 5.41. The molecule has 0 aliphatic heterocycles. The molecule has 2 aromatic heterocycles. The minimum atomic E-state index is -0.702. The molecule has 96 valence electrons. The Balaban J connectivity index is 2.49. The van der Waals surface area contributed by atoms with Crippen LogP contribution in [0.3, 0.4) is 0 Å². The Morgan fingerprint density at radius 3 is 2.67 bits per heavy atom. The van der Waals surface area contributed by atoms with Crippen LogP contribution in [0.25, 0.3) is 0 Å². The summed E-state index contributed by atoms with van der Waals surface area (Å²) in [7, 11) is 0. The summed E-state index contributed by atoms with van der Waals surface area (Å²) in [5.41, 5.74) is 2.60. The van der Waals surface area contributed by atoms with Gasteiger partial charge in [0.25, 0.3) is 0 Å². The predicted octanol–water partition coefficient (Wildman–Crippen LogP) is 3.01. The van der Waals surface area contributed by atoms with Gasteiger partial charge in [-0.25, -0.2) is 0 Å². The molecule has 1 atom stereocenters. The fourth-order valence-electron chi connectivity index (χ4n) is 1.96. The van der Waals surface area contributed by atoms with Gasteiger partial charge in [0.15, 0.2) is 0 Å². The first-order chi connectivity index (χ1) is 8.52. The monoisotopic (exact) mass is 309 g/mol. The summed E-state index contributed by atoms with van der Waals surface area (Å²) in [6.45, 7) is 6.01. The minimum Gasteiger partial charge on any atom is -0.382 e. The second kappa shape index (κ2) is 5.20. The number of aromatic nitrogens is 3. The van der Waals surface area contributed by atoms with Gasteiger partial charge in [0.05, 0.1) is 16.4 Å². The van der Waals surface area contributed by atoms with Gasteiger partial charge in [-0.2, -0.15) is 5.10 Å². The molecule has 0 aromatic carbocycles. The maximum absolute atomic E-state index is 10.6. The Morgan fingerprint density at radius 2 is 2.06 bits per heavy atom. The van der Waals surface area contributed by atoms with Crippen LogP contribution in [0.1, 0.15) is 42.8 Å². The molecule has 18 heavy (non-hydrogen) atoms. The average Bonchev–Trinajstić information content (AvgIpc) is 2.71. The minimum absolute atomic E-state index is 0.197. The Labute approximate surface area is 115 Å². The van der Waals surface area contributed by atoms with Gasteiger partial charge in [0.1, 0.15) is 6.10 Å². The molecule has 0 aliphatic carbocycles. The third-order valence-corrected chi connectivity index (χ3v) is 3.50. The Hall–Kier alpha value is -1.20. The smallest absolute Gasteiger partial charge is 0.122 e. The predicted molar refractivity (Wildman–Crippen MR) is 73.3 cm³/mol. The van der Waals surface area contributed by atoms with E-state index in [9.17, 15) is 5.11 Å². The fraction of sp³-hybridized carbons (Fsp3) is 0.385. The number of aryl methyl sites for hydroxylation is 1. The van der Waals surface area contributed by atoms with E-state index in [1.807, 2.05) is 31.5 Å². The van der Waals surface area contributed by atoms with Gasteiger partial charge in [0.2, 0.25) is 0 Å². The van der Waals surface area contributed by atoms with E-state index in [1.165, 1.54) is 0 Å². The maximum Gasteiger partial charge on any atom is 0.122 e. The third-order valence-electron chi connectivity index (χ3n) is 2.89. The van der Waals surface area contributed by atoms with Crippen LogP contribution >= 0.6 is 15.9 Å². The fourth-order valence-corrected chi connectivity index (χ4v) is 2.45. The lowest BCUT2D eigenvalue weighted by molar-refractivity contribution is 0.203. The van der Waals surface area contributed by atoms with Gasteiger partial charge in [-0.05, 0) is 53.9 Å². The second-order valence-electron chi connectivity index (χ2n) is 4.55. The van der Waals surface area contributed by atoms with E-state index < -0.39 is 6.10 Å². The molecule has 0 spiro atoms. The molecule has 2 aromatic rings. The number of halogens is 1. The lowest BCUT2D eigenvalue weighted by Gasteiger charge is -2.18. The van der Waals surface area contributed by atoms with Gasteiger partial charge >= 0.3 is 0 Å². The topological polar surface area (TPSA) is 50.9 Å². The lowest BCUT2D eigenvalue weighted by Crippen LogP contribution is -2.13. The number of rotatable bonds is 3. The number of pyridine rings is 1. The summed E-state index contributed by atoms with van der Waals surface area (Å²) in [5, 5.41) is 14.8. The van der Waals surface area contributed by atoms with E-state index in [4.69, 9.17) is 0 Å². The van der Waals surface area contributed by atoms with Crippen molar-refractivity contribution in [2.45, 2.75) is 32.9 Å². The van der Waals surface area contributed by atoms with Gasteiger partial charge in [-0.1, -0.05) is 0 Å². The molecule has 0 fully saturated rings. The molecule has 0 saturated heterocycles. The highest BCUT2D eigenvalue weighted by atomic mass is 79.9. The van der Waals surface area contributed by atoms with E-state index in [-0.39, 0.29) is 6.04 Å². The van der Waals surface area contributed by atoms with Crippen LogP contribution in [0, 0.1) is 6.92 Å². The summed E-state index contributed by atoms with van der Waals surface area (Å²) in [4.78, 5) is 4.04. The van der Waals surface area contributed by atoms with E-state index in [0.717, 1.165) is 21.3 Å². The third kappa shape index (κ3) is 2.33. The van der Waals surface area contributed by atoms with Crippen molar-refractivity contribution in [1.82, 2.24) is 14.8 Å². The molecular weight excluding hydrogens is 294 g/mol. The van der Waals surface area contributed by atoms with Crippen LogP contribution in [0.15, 0.2) is 29.1 Å². The largest absolute Gasteiger partial charge is 0.382 e. The van der Waals surface area contributed by atoms with Crippen molar-refractivity contribution in [2.75, 3.05) is 0 Å². The molecule has 0 saturated carbocycles. The number of hydrogen-bond donors (Lipinski definition) is 1. The molecule has 5 heteroatoms.